The molecule has 0 radical (unpaired) electrons. The van der Waals surface area contributed by atoms with E-state index in [2.05, 4.69) is 74.5 Å². The summed E-state index contributed by atoms with van der Waals surface area (Å²) in [6, 6.07) is 16.2. The maximum atomic E-state index is 2.65. The molecule has 0 fully saturated rings. The molecule has 2 unspecified atom stereocenters. The average molecular weight is 309 g/mol. The van der Waals surface area contributed by atoms with Gasteiger partial charge in [0.2, 0.25) is 0 Å². The monoisotopic (exact) mass is 309 g/mol. The number of fused-ring (bicyclic) bond motifs is 8. The molecular weight excluding hydrogens is 286 g/mol. The molecule has 1 nitrogen and oxygen atoms in total. The third-order valence-corrected chi connectivity index (χ3v) is 6.83. The van der Waals surface area contributed by atoms with Crippen molar-refractivity contribution in [2.45, 2.75) is 42.7 Å². The summed E-state index contributed by atoms with van der Waals surface area (Å²) in [4.78, 5) is 4.02. The predicted molar refractivity (Wildman–Crippen MR) is 94.6 cm³/mol. The lowest BCUT2D eigenvalue weighted by Crippen LogP contribution is -2.42. The number of thioether (sulfide) groups is 1. The van der Waals surface area contributed by atoms with Gasteiger partial charge in [0, 0.05) is 4.90 Å². The molecule has 2 aliphatic rings. The Bertz CT molecular complexity index is 753. The molecule has 0 aliphatic carbocycles. The third kappa shape index (κ3) is 1.33. The standard InChI is InChI=1S/C20H23NS/c1-5-19-15-9-7-8-10-16(15)20(6-2,21(19)3)18-13-14(22-4)11-12-17(18)19/h7-13H,5-6H2,1-4H3. The second kappa shape index (κ2) is 4.62. The minimum absolute atomic E-state index is 0.0493. The van der Waals surface area contributed by atoms with Gasteiger partial charge in [-0.15, -0.1) is 11.8 Å². The molecule has 0 amide bonds. The number of benzene rings is 2. The van der Waals surface area contributed by atoms with Crippen LogP contribution in [0.3, 0.4) is 0 Å². The molecule has 0 spiro atoms. The first kappa shape index (κ1) is 14.3. The van der Waals surface area contributed by atoms with Gasteiger partial charge in [-0.05, 0) is 60.5 Å². The minimum atomic E-state index is 0.0493. The van der Waals surface area contributed by atoms with E-state index in [0.29, 0.717) is 0 Å². The number of rotatable bonds is 3. The fourth-order valence-electron chi connectivity index (χ4n) is 5.13. The van der Waals surface area contributed by atoms with E-state index in [1.807, 2.05) is 11.8 Å². The Morgan fingerprint density at radius 1 is 0.864 bits per heavy atom. The van der Waals surface area contributed by atoms with E-state index in [1.54, 1.807) is 0 Å². The van der Waals surface area contributed by atoms with Gasteiger partial charge in [0.1, 0.15) is 0 Å². The molecule has 4 rings (SSSR count). The van der Waals surface area contributed by atoms with Crippen molar-refractivity contribution in [2.24, 2.45) is 0 Å². The highest BCUT2D eigenvalue weighted by Gasteiger charge is 2.63. The van der Waals surface area contributed by atoms with Gasteiger partial charge in [0.25, 0.3) is 0 Å². The van der Waals surface area contributed by atoms with Gasteiger partial charge in [-0.2, -0.15) is 0 Å². The van der Waals surface area contributed by atoms with E-state index in [-0.39, 0.29) is 11.1 Å². The molecular formula is C20H23NS. The van der Waals surface area contributed by atoms with Crippen molar-refractivity contribution in [3.05, 3.63) is 64.7 Å². The van der Waals surface area contributed by atoms with E-state index >= 15 is 0 Å². The Kier molecular flexibility index (Phi) is 3.02. The molecule has 114 valence electrons. The molecule has 2 heterocycles. The van der Waals surface area contributed by atoms with Crippen LogP contribution in [0.25, 0.3) is 0 Å². The highest BCUT2D eigenvalue weighted by Crippen LogP contribution is 2.64. The zero-order valence-corrected chi connectivity index (χ0v) is 14.6. The Hall–Kier alpha value is -1.25. The quantitative estimate of drug-likeness (QED) is 0.736. The smallest absolute Gasteiger partial charge is 0.0727 e. The first-order valence-corrected chi connectivity index (χ1v) is 9.42. The fourth-order valence-corrected chi connectivity index (χ4v) is 5.57. The van der Waals surface area contributed by atoms with E-state index in [9.17, 15) is 0 Å². The highest BCUT2D eigenvalue weighted by molar-refractivity contribution is 7.98. The second-order valence-corrected chi connectivity index (χ2v) is 7.32. The van der Waals surface area contributed by atoms with Crippen molar-refractivity contribution in [2.75, 3.05) is 13.3 Å². The summed E-state index contributed by atoms with van der Waals surface area (Å²) in [6.45, 7) is 4.66. The van der Waals surface area contributed by atoms with Crippen LogP contribution in [0.15, 0.2) is 47.4 Å². The van der Waals surface area contributed by atoms with Gasteiger partial charge in [-0.3, -0.25) is 4.90 Å². The Morgan fingerprint density at radius 2 is 1.41 bits per heavy atom. The lowest BCUT2D eigenvalue weighted by atomic mass is 9.71. The first-order chi connectivity index (χ1) is 10.7. The highest BCUT2D eigenvalue weighted by atomic mass is 32.2. The number of hydrogen-bond donors (Lipinski definition) is 0. The molecule has 2 aromatic carbocycles. The van der Waals surface area contributed by atoms with Gasteiger partial charge in [0.05, 0.1) is 11.1 Å². The zero-order valence-electron chi connectivity index (χ0n) is 13.8. The third-order valence-electron chi connectivity index (χ3n) is 6.10. The van der Waals surface area contributed by atoms with Crippen LogP contribution in [0.5, 0.6) is 0 Å². The van der Waals surface area contributed by atoms with Crippen molar-refractivity contribution in [1.82, 2.24) is 4.90 Å². The van der Waals surface area contributed by atoms with Gasteiger partial charge in [-0.1, -0.05) is 44.2 Å². The van der Waals surface area contributed by atoms with E-state index in [1.165, 1.54) is 27.1 Å². The molecule has 0 aromatic heterocycles. The van der Waals surface area contributed by atoms with Gasteiger partial charge < -0.3 is 0 Å². The molecule has 0 N–H and O–H groups in total. The van der Waals surface area contributed by atoms with Crippen molar-refractivity contribution in [3.8, 4) is 0 Å². The largest absolute Gasteiger partial charge is 0.279 e. The first-order valence-electron chi connectivity index (χ1n) is 8.19. The van der Waals surface area contributed by atoms with Crippen LogP contribution in [0, 0.1) is 0 Å². The minimum Gasteiger partial charge on any atom is -0.279 e. The molecule has 2 atom stereocenters. The second-order valence-electron chi connectivity index (χ2n) is 6.44. The Balaban J connectivity index is 2.12. The fraction of sp³-hybridized carbons (Fsp3) is 0.400. The number of hydrogen-bond acceptors (Lipinski definition) is 2. The summed E-state index contributed by atoms with van der Waals surface area (Å²) in [6.07, 6.45) is 4.40. The number of nitrogens with zero attached hydrogens (tertiary/aromatic N) is 1. The molecule has 0 saturated carbocycles. The maximum absolute atomic E-state index is 2.65. The van der Waals surface area contributed by atoms with Crippen LogP contribution in [0.2, 0.25) is 0 Å². The Labute approximate surface area is 137 Å². The normalized spacial score (nSPS) is 28.7. The topological polar surface area (TPSA) is 3.24 Å². The van der Waals surface area contributed by atoms with Crippen LogP contribution in [-0.4, -0.2) is 18.2 Å². The Morgan fingerprint density at radius 3 is 1.95 bits per heavy atom. The summed E-state index contributed by atoms with van der Waals surface area (Å²) in [5, 5.41) is 0. The van der Waals surface area contributed by atoms with Crippen LogP contribution in [-0.2, 0) is 11.1 Å². The van der Waals surface area contributed by atoms with E-state index < -0.39 is 0 Å². The maximum Gasteiger partial charge on any atom is 0.0727 e. The summed E-state index contributed by atoms with van der Waals surface area (Å²) >= 11 is 1.84. The van der Waals surface area contributed by atoms with Crippen LogP contribution < -0.4 is 0 Å². The van der Waals surface area contributed by atoms with Crippen LogP contribution >= 0.6 is 11.8 Å². The summed E-state index contributed by atoms with van der Waals surface area (Å²) in [7, 11) is 2.33. The SMILES string of the molecule is CCC12c3ccccc3C(CC)(c3cc(SC)ccc31)N2C. The van der Waals surface area contributed by atoms with Gasteiger partial charge in [-0.25, -0.2) is 0 Å². The summed E-state index contributed by atoms with van der Waals surface area (Å²) in [5.41, 5.74) is 6.20. The average Bonchev–Trinajstić information content (AvgIpc) is 2.94. The molecule has 2 heteroatoms. The van der Waals surface area contributed by atoms with Gasteiger partial charge in [0.15, 0.2) is 0 Å². The lowest BCUT2D eigenvalue weighted by Gasteiger charge is -2.36. The lowest BCUT2D eigenvalue weighted by molar-refractivity contribution is 0.103. The van der Waals surface area contributed by atoms with Crippen LogP contribution in [0.1, 0.15) is 48.9 Å². The molecule has 0 saturated heterocycles. The van der Waals surface area contributed by atoms with Crippen molar-refractivity contribution in [3.63, 3.8) is 0 Å². The molecule has 2 aromatic rings. The van der Waals surface area contributed by atoms with Crippen molar-refractivity contribution < 1.29 is 0 Å². The predicted octanol–water partition coefficient (Wildman–Crippen LogP) is 4.97. The summed E-state index contributed by atoms with van der Waals surface area (Å²) in [5.74, 6) is 0. The molecule has 2 bridgehead atoms. The van der Waals surface area contributed by atoms with E-state index in [4.69, 9.17) is 0 Å². The molecule has 2 aliphatic heterocycles. The van der Waals surface area contributed by atoms with Crippen molar-refractivity contribution in [1.29, 1.82) is 0 Å². The zero-order chi connectivity index (χ0) is 15.5. The van der Waals surface area contributed by atoms with E-state index in [0.717, 1.165) is 12.8 Å². The molecule has 22 heavy (non-hydrogen) atoms. The van der Waals surface area contributed by atoms with Crippen molar-refractivity contribution >= 4 is 11.8 Å². The van der Waals surface area contributed by atoms with Gasteiger partial charge >= 0.3 is 0 Å². The summed E-state index contributed by atoms with van der Waals surface area (Å²) < 4.78 is 0. The van der Waals surface area contributed by atoms with Crippen LogP contribution in [0.4, 0.5) is 0 Å².